The van der Waals surface area contributed by atoms with Crippen LogP contribution in [0.5, 0.6) is 0 Å². The number of nitrogens with zero attached hydrogens (tertiary/aromatic N) is 7. The number of fused-ring (bicyclic) bond motifs is 2. The number of guanidine groups is 3. The minimum Gasteiger partial charge on any atom is -0.480 e. The predicted octanol–water partition coefficient (Wildman–Crippen LogP) is -5.02. The van der Waals surface area contributed by atoms with Gasteiger partial charge in [0.15, 0.2) is 17.9 Å². The van der Waals surface area contributed by atoms with Gasteiger partial charge in [0.1, 0.15) is 48.3 Å². The number of nitrogens with one attached hydrogen (secondary N) is 5. The van der Waals surface area contributed by atoms with Gasteiger partial charge in [-0.1, -0.05) is 43.2 Å². The SMILES string of the molecule is NC(N)=NCCCC(N)C(=O)NC(CCCN=C(N)N)C(=O)N1CCCC1C(=O)N1CC(O)CC1C(=O)NCC(=O)NC(Cc1cccs1)C(=O)NC(CO)C(=O)N1Cc2ccccc2CC1C(=O)N1C(C(=O)NC(CCCN=C(N)N)C(=O)O)C[C@H]2CCCC[C@H]21. The number of aliphatic imine (C=N–C) groups is 3. The first-order valence-electron chi connectivity index (χ1n) is 31.2. The molecule has 32 nitrogen and oxygen atoms in total. The van der Waals surface area contributed by atoms with Crippen molar-refractivity contribution >= 4 is 88.3 Å². The molecule has 92 heavy (non-hydrogen) atoms. The molecule has 5 heterocycles. The minimum absolute atomic E-state index is 0.00000960. The summed E-state index contributed by atoms with van der Waals surface area (Å²) < 4.78 is 0. The number of carboxylic acids is 1. The van der Waals surface area contributed by atoms with Gasteiger partial charge in [-0.25, -0.2) is 4.79 Å². The number of benzene rings is 1. The normalized spacial score (nSPS) is 22.4. The summed E-state index contributed by atoms with van der Waals surface area (Å²) >= 11 is 1.27. The van der Waals surface area contributed by atoms with Crippen LogP contribution in [0.1, 0.15) is 106 Å². The Balaban J connectivity index is 1.02. The molecule has 3 saturated heterocycles. The smallest absolute Gasteiger partial charge is 0.326 e. The summed E-state index contributed by atoms with van der Waals surface area (Å²) in [5, 5.41) is 46.8. The van der Waals surface area contributed by atoms with Crippen molar-refractivity contribution < 1.29 is 63.3 Å². The third-order valence-corrected chi connectivity index (χ3v) is 18.3. The van der Waals surface area contributed by atoms with Gasteiger partial charge in [0, 0.05) is 69.4 Å². The number of nitrogens with two attached hydrogens (primary N) is 7. The van der Waals surface area contributed by atoms with Crippen molar-refractivity contribution in [3.8, 4) is 0 Å². The van der Waals surface area contributed by atoms with Crippen LogP contribution >= 0.6 is 11.3 Å². The van der Waals surface area contributed by atoms with Crippen LogP contribution in [0.4, 0.5) is 0 Å². The van der Waals surface area contributed by atoms with Crippen LogP contribution < -0.4 is 66.7 Å². The van der Waals surface area contributed by atoms with Gasteiger partial charge in [-0.2, -0.15) is 0 Å². The van der Waals surface area contributed by atoms with Crippen molar-refractivity contribution in [3.05, 3.63) is 57.8 Å². The fourth-order valence-corrected chi connectivity index (χ4v) is 13.6. The number of carboxylic acid groups (broad SMARTS) is 1. The van der Waals surface area contributed by atoms with Crippen molar-refractivity contribution in [2.75, 3.05) is 45.9 Å². The molecule has 9 amide bonds. The molecule has 1 saturated carbocycles. The van der Waals surface area contributed by atoms with E-state index in [9.17, 15) is 58.5 Å². The molecule has 0 radical (unpaired) electrons. The molecule has 22 N–H and O–H groups in total. The highest BCUT2D eigenvalue weighted by atomic mass is 32.1. The number of amides is 9. The zero-order valence-corrected chi connectivity index (χ0v) is 52.3. The highest BCUT2D eigenvalue weighted by molar-refractivity contribution is 7.09. The van der Waals surface area contributed by atoms with E-state index in [2.05, 4.69) is 41.6 Å². The average molecular weight is 1300 g/mol. The topological polar surface area (TPSA) is 524 Å². The van der Waals surface area contributed by atoms with Crippen LogP contribution in [-0.2, 0) is 67.3 Å². The Hall–Kier alpha value is -8.69. The molecule has 1 aromatic carbocycles. The Morgan fingerprint density at radius 3 is 1.89 bits per heavy atom. The van der Waals surface area contributed by atoms with E-state index in [1.807, 2.05) is 6.07 Å². The molecule has 7 rings (SSSR count). The Morgan fingerprint density at radius 2 is 1.25 bits per heavy atom. The van der Waals surface area contributed by atoms with Gasteiger partial charge in [-0.3, -0.25) is 58.1 Å². The highest BCUT2D eigenvalue weighted by Gasteiger charge is 2.52. The second kappa shape index (κ2) is 33.6. The number of β-amino-alcohol motifs (C(OH)–C–C–N with tert-alkyl or cyclic N) is 1. The maximum absolute atomic E-state index is 15.3. The van der Waals surface area contributed by atoms with Gasteiger partial charge >= 0.3 is 5.97 Å². The molecular weight excluding hydrogens is 1210 g/mol. The van der Waals surface area contributed by atoms with Crippen LogP contribution in [-0.4, -0.2) is 224 Å². The van der Waals surface area contributed by atoms with Crippen molar-refractivity contribution in [2.24, 2.45) is 61.0 Å². The Kier molecular flexibility index (Phi) is 25.8. The van der Waals surface area contributed by atoms with E-state index in [1.54, 1.807) is 35.7 Å². The van der Waals surface area contributed by atoms with Crippen LogP contribution in [0.3, 0.4) is 0 Å². The molecule has 504 valence electrons. The number of aliphatic hydroxyl groups is 2. The lowest BCUT2D eigenvalue weighted by molar-refractivity contribution is -0.153. The average Bonchev–Trinajstić information content (AvgIpc) is 1.48. The first kappa shape index (κ1) is 70.8. The van der Waals surface area contributed by atoms with Gasteiger partial charge in [0.2, 0.25) is 53.2 Å². The summed E-state index contributed by atoms with van der Waals surface area (Å²) in [7, 11) is 0. The summed E-state index contributed by atoms with van der Waals surface area (Å²) in [5.41, 5.74) is 40.3. The molecule has 4 fully saturated rings. The first-order valence-corrected chi connectivity index (χ1v) is 32.1. The third kappa shape index (κ3) is 19.0. The molecule has 12 atom stereocenters. The molecule has 1 aliphatic carbocycles. The molecule has 10 unspecified atom stereocenters. The van der Waals surface area contributed by atoms with Crippen molar-refractivity contribution in [2.45, 2.75) is 176 Å². The second-order valence-electron chi connectivity index (χ2n) is 23.9. The maximum Gasteiger partial charge on any atom is 0.326 e. The Labute approximate surface area is 536 Å². The van der Waals surface area contributed by atoms with Gasteiger partial charge in [0.05, 0.1) is 25.3 Å². The van der Waals surface area contributed by atoms with Crippen LogP contribution in [0, 0.1) is 5.92 Å². The largest absolute Gasteiger partial charge is 0.480 e. The number of rotatable bonds is 30. The first-order chi connectivity index (χ1) is 43.9. The number of likely N-dealkylation sites (tertiary alicyclic amines) is 3. The number of carbonyl (C=O) groups excluding carboxylic acids is 9. The van der Waals surface area contributed by atoms with Crippen molar-refractivity contribution in [3.63, 3.8) is 0 Å². The fraction of sp³-hybridized carbons (Fsp3) is 0.610. The number of carbonyl (C=O) groups is 10. The van der Waals surface area contributed by atoms with Gasteiger partial charge in [-0.15, -0.1) is 11.3 Å². The minimum atomic E-state index is -1.66. The van der Waals surface area contributed by atoms with Gasteiger partial charge in [0.25, 0.3) is 0 Å². The number of hydrogen-bond donors (Lipinski definition) is 15. The van der Waals surface area contributed by atoms with Gasteiger partial charge in [-0.05, 0) is 99.1 Å². The fourth-order valence-electron chi connectivity index (χ4n) is 12.9. The van der Waals surface area contributed by atoms with E-state index in [-0.39, 0.29) is 127 Å². The number of aliphatic hydroxyl groups excluding tert-OH is 2. The van der Waals surface area contributed by atoms with Gasteiger partial charge < -0.3 is 102 Å². The zero-order valence-electron chi connectivity index (χ0n) is 51.4. The van der Waals surface area contributed by atoms with E-state index in [4.69, 9.17) is 40.1 Å². The monoisotopic (exact) mass is 1300 g/mol. The molecular formula is C59H89N19O13S. The van der Waals surface area contributed by atoms with E-state index >= 15 is 4.79 Å². The summed E-state index contributed by atoms with van der Waals surface area (Å²) in [6, 6.07) is -1.07. The van der Waals surface area contributed by atoms with Crippen molar-refractivity contribution in [1.82, 2.24) is 46.2 Å². The third-order valence-electron chi connectivity index (χ3n) is 17.4. The summed E-state index contributed by atoms with van der Waals surface area (Å²) in [6.07, 6.45) is 3.42. The summed E-state index contributed by atoms with van der Waals surface area (Å²) in [4.78, 5) is 159. The Morgan fingerprint density at radius 1 is 0.620 bits per heavy atom. The quantitative estimate of drug-likeness (QED) is 0.0198. The van der Waals surface area contributed by atoms with E-state index in [1.165, 1.54) is 26.0 Å². The summed E-state index contributed by atoms with van der Waals surface area (Å²) in [6.45, 7) is -1.46. The van der Waals surface area contributed by atoms with E-state index in [0.29, 0.717) is 29.7 Å². The molecule has 33 heteroatoms. The lowest BCUT2D eigenvalue weighted by Crippen LogP contribution is -2.63. The lowest BCUT2D eigenvalue weighted by Gasteiger charge is -2.42. The van der Waals surface area contributed by atoms with Crippen LogP contribution in [0.15, 0.2) is 56.8 Å². The predicted molar refractivity (Wildman–Crippen MR) is 338 cm³/mol. The van der Waals surface area contributed by atoms with Crippen LogP contribution in [0.2, 0.25) is 0 Å². The number of aliphatic carboxylic acids is 1. The number of hydrogen-bond acceptors (Lipinski definition) is 17. The standard InChI is InChI=1S/C59H89N19O13S/c60-37(14-5-19-67-57(61)62)48(82)72-38(15-6-20-68-58(63)64)52(86)75-22-8-18-43(75)54(88)77-30-35(80)26-44(77)50(84)70-28-47(81)71-40(27-36-13-9-23-92-36)49(83)74-41(31-79)53(87)76-29-34-12-2-1-10-32(34)24-46(76)55(89)78-42-17-4-3-11-33(42)25-45(78)51(85)73-39(56(90)91)16-7-21-69-59(65)66/h1-2,9-10,12-13,23,33,35,37-46,79-80H,3-8,11,14-22,24-31,60H2,(H,70,84)(H,71,81)(H,72,82)(H,73,85)(H,74,83)(H,90,91)(H4,61,62,67)(H4,63,64,68)(H4,65,66,69)/t33-,35?,37?,38?,39?,40?,41?,42-,43?,44?,45?,46?/m1/s1. The number of thiophene rings is 1. The van der Waals surface area contributed by atoms with Crippen LogP contribution in [0.25, 0.3) is 0 Å². The molecule has 1 aromatic heterocycles. The zero-order chi connectivity index (χ0) is 66.8. The Bertz CT molecular complexity index is 3050. The second-order valence-corrected chi connectivity index (χ2v) is 25.0. The maximum atomic E-state index is 15.3. The van der Waals surface area contributed by atoms with E-state index < -0.39 is 139 Å². The molecule has 2 aromatic rings. The molecule has 0 spiro atoms. The molecule has 4 aliphatic heterocycles. The lowest BCUT2D eigenvalue weighted by atomic mass is 9.84. The van der Waals surface area contributed by atoms with E-state index in [0.717, 1.165) is 29.7 Å². The molecule has 0 bridgehead atoms. The molecule has 5 aliphatic rings. The van der Waals surface area contributed by atoms with Crippen molar-refractivity contribution in [1.29, 1.82) is 0 Å². The summed E-state index contributed by atoms with van der Waals surface area (Å²) in [5.74, 6) is -8.33. The highest BCUT2D eigenvalue weighted by Crippen LogP contribution is 2.41.